The molecule has 0 atom stereocenters. The summed E-state index contributed by atoms with van der Waals surface area (Å²) in [5, 5.41) is 7.19. The summed E-state index contributed by atoms with van der Waals surface area (Å²) in [5.41, 5.74) is 4.03. The minimum Gasteiger partial charge on any atom is -0.465 e. The second kappa shape index (κ2) is 6.57. The summed E-state index contributed by atoms with van der Waals surface area (Å²) < 4.78 is 5.21. The zero-order chi connectivity index (χ0) is 7.82. The van der Waals surface area contributed by atoms with E-state index in [0.29, 0.717) is 0 Å². The van der Waals surface area contributed by atoms with Gasteiger partial charge in [-0.15, -0.1) is 0 Å². The van der Waals surface area contributed by atoms with Crippen LogP contribution in [-0.4, -0.2) is 27.6 Å². The Morgan fingerprint density at radius 2 is 2.20 bits per heavy atom. The van der Waals surface area contributed by atoms with Crippen molar-refractivity contribution in [1.82, 2.24) is 0 Å². The van der Waals surface area contributed by atoms with Crippen molar-refractivity contribution in [1.29, 1.82) is 0 Å². The summed E-state index contributed by atoms with van der Waals surface area (Å²) in [7, 11) is 0.00849. The van der Waals surface area contributed by atoms with Gasteiger partial charge in [-0.1, -0.05) is 6.42 Å². The third-order valence-corrected chi connectivity index (χ3v) is 2.44. The van der Waals surface area contributed by atoms with Crippen LogP contribution in [0.3, 0.4) is 0 Å². The molecule has 0 aromatic rings. The lowest BCUT2D eigenvalue weighted by molar-refractivity contribution is 0.205. The van der Waals surface area contributed by atoms with E-state index < -0.39 is 6.09 Å². The van der Waals surface area contributed by atoms with Crippen LogP contribution in [0.15, 0.2) is 0 Å². The minimum atomic E-state index is -1.33. The van der Waals surface area contributed by atoms with Gasteiger partial charge in [-0.3, -0.25) is 0 Å². The van der Waals surface area contributed by atoms with E-state index in [9.17, 15) is 0 Å². The molecular formula is C5H13NO3Si. The Hall–Kier alpha value is -0.553. The molecule has 1 heterocycles. The van der Waals surface area contributed by atoms with Crippen molar-refractivity contribution in [3.8, 4) is 0 Å². The van der Waals surface area contributed by atoms with E-state index in [2.05, 4.69) is 5.73 Å². The van der Waals surface area contributed by atoms with Crippen molar-refractivity contribution in [3.63, 3.8) is 0 Å². The van der Waals surface area contributed by atoms with E-state index in [1.165, 1.54) is 18.9 Å². The number of amides is 1. The third kappa shape index (κ3) is 10.4. The first-order chi connectivity index (χ1) is 4.73. The minimum absolute atomic E-state index is 0.00849. The standard InChI is InChI=1S/C4H10OSi.CH3NO2/c1-2-4-6-5-3-1;2-1(3)4/h1-4,6H2;2H2,(H,3,4). The summed E-state index contributed by atoms with van der Waals surface area (Å²) in [6, 6.07) is 1.42. The second-order valence-electron chi connectivity index (χ2n) is 2.01. The predicted octanol–water partition coefficient (Wildman–Crippen LogP) is -0.0780. The van der Waals surface area contributed by atoms with Crippen LogP contribution in [0.1, 0.15) is 12.8 Å². The van der Waals surface area contributed by atoms with Crippen LogP contribution in [0.2, 0.25) is 6.04 Å². The number of hydrogen-bond donors (Lipinski definition) is 2. The van der Waals surface area contributed by atoms with Crippen LogP contribution in [0.25, 0.3) is 0 Å². The van der Waals surface area contributed by atoms with Crippen molar-refractivity contribution in [2.24, 2.45) is 5.73 Å². The van der Waals surface area contributed by atoms with Crippen LogP contribution < -0.4 is 5.73 Å². The van der Waals surface area contributed by atoms with E-state index in [0.717, 1.165) is 6.61 Å². The van der Waals surface area contributed by atoms with E-state index in [1.807, 2.05) is 0 Å². The lowest BCUT2D eigenvalue weighted by Crippen LogP contribution is -2.06. The molecule has 1 saturated heterocycles. The smallest absolute Gasteiger partial charge is 0.402 e. The summed E-state index contributed by atoms with van der Waals surface area (Å²) >= 11 is 0. The molecule has 1 fully saturated rings. The average Bonchev–Trinajstić information content (AvgIpc) is 1.90. The maximum atomic E-state index is 8.78. The molecular weight excluding hydrogens is 150 g/mol. The molecule has 0 bridgehead atoms. The number of rotatable bonds is 0. The molecule has 0 aliphatic carbocycles. The molecule has 1 amide bonds. The summed E-state index contributed by atoms with van der Waals surface area (Å²) in [6.45, 7) is 1.06. The Balaban J connectivity index is 0.000000180. The molecule has 0 spiro atoms. The van der Waals surface area contributed by atoms with Gasteiger partial charge < -0.3 is 15.3 Å². The maximum Gasteiger partial charge on any atom is 0.402 e. The monoisotopic (exact) mass is 163 g/mol. The molecule has 0 saturated carbocycles. The van der Waals surface area contributed by atoms with Gasteiger partial charge in [0, 0.05) is 6.61 Å². The van der Waals surface area contributed by atoms with Gasteiger partial charge in [0.25, 0.3) is 0 Å². The van der Waals surface area contributed by atoms with Gasteiger partial charge in [-0.2, -0.15) is 0 Å². The highest BCUT2D eigenvalue weighted by molar-refractivity contribution is 6.27. The Labute approximate surface area is 62.3 Å². The first kappa shape index (κ1) is 9.45. The quantitative estimate of drug-likeness (QED) is 0.491. The lowest BCUT2D eigenvalue weighted by atomic mass is 10.4. The van der Waals surface area contributed by atoms with Crippen molar-refractivity contribution >= 4 is 15.9 Å². The fourth-order valence-corrected chi connectivity index (χ4v) is 1.86. The van der Waals surface area contributed by atoms with Crippen molar-refractivity contribution in [2.75, 3.05) is 6.61 Å². The van der Waals surface area contributed by atoms with Crippen molar-refractivity contribution in [2.45, 2.75) is 18.9 Å². The molecule has 0 aromatic carbocycles. The van der Waals surface area contributed by atoms with Crippen LogP contribution in [0.5, 0.6) is 0 Å². The molecule has 0 radical (unpaired) electrons. The van der Waals surface area contributed by atoms with E-state index in [-0.39, 0.29) is 9.76 Å². The summed E-state index contributed by atoms with van der Waals surface area (Å²) in [4.78, 5) is 8.78. The number of hydrogen-bond acceptors (Lipinski definition) is 2. The molecule has 5 heteroatoms. The van der Waals surface area contributed by atoms with Gasteiger partial charge in [-0.25, -0.2) is 4.79 Å². The first-order valence-electron chi connectivity index (χ1n) is 3.29. The Bertz CT molecular complexity index is 79.4. The largest absolute Gasteiger partial charge is 0.465 e. The average molecular weight is 163 g/mol. The van der Waals surface area contributed by atoms with Crippen LogP contribution in [0.4, 0.5) is 4.79 Å². The Kier molecular flexibility index (Phi) is 6.20. The molecule has 0 aromatic heterocycles. The molecule has 1 aliphatic heterocycles. The summed E-state index contributed by atoms with van der Waals surface area (Å²) in [6.07, 6.45) is 1.42. The number of carboxylic acid groups (broad SMARTS) is 1. The number of carbonyl (C=O) groups is 1. The van der Waals surface area contributed by atoms with E-state index in [1.54, 1.807) is 0 Å². The van der Waals surface area contributed by atoms with Gasteiger partial charge in [0.2, 0.25) is 0 Å². The predicted molar refractivity (Wildman–Crippen MR) is 40.7 cm³/mol. The SMILES string of the molecule is C1CC[SiH2]OC1.NC(=O)O. The molecule has 3 N–H and O–H groups in total. The maximum absolute atomic E-state index is 8.78. The highest BCUT2D eigenvalue weighted by Crippen LogP contribution is 2.01. The lowest BCUT2D eigenvalue weighted by Gasteiger charge is -2.07. The molecule has 60 valence electrons. The van der Waals surface area contributed by atoms with Crippen LogP contribution >= 0.6 is 0 Å². The third-order valence-electron chi connectivity index (χ3n) is 1.08. The van der Waals surface area contributed by atoms with Crippen molar-refractivity contribution in [3.05, 3.63) is 0 Å². The molecule has 10 heavy (non-hydrogen) atoms. The zero-order valence-electron chi connectivity index (χ0n) is 5.88. The van der Waals surface area contributed by atoms with Gasteiger partial charge in [0.05, 0.1) is 0 Å². The summed E-state index contributed by atoms with van der Waals surface area (Å²) in [5.74, 6) is 0. The van der Waals surface area contributed by atoms with E-state index >= 15 is 0 Å². The Morgan fingerprint density at radius 3 is 2.30 bits per heavy atom. The topological polar surface area (TPSA) is 72.5 Å². The molecule has 4 nitrogen and oxygen atoms in total. The highest BCUT2D eigenvalue weighted by atomic mass is 28.2. The Morgan fingerprint density at radius 1 is 1.60 bits per heavy atom. The molecule has 1 aliphatic rings. The van der Waals surface area contributed by atoms with Crippen molar-refractivity contribution < 1.29 is 14.3 Å². The fourth-order valence-electron chi connectivity index (χ4n) is 0.687. The van der Waals surface area contributed by atoms with E-state index in [4.69, 9.17) is 14.3 Å². The van der Waals surface area contributed by atoms with Crippen LogP contribution in [0, 0.1) is 0 Å². The molecule has 0 unspecified atom stereocenters. The normalized spacial score (nSPS) is 19.2. The first-order valence-corrected chi connectivity index (χ1v) is 4.87. The second-order valence-corrected chi connectivity index (χ2v) is 3.53. The van der Waals surface area contributed by atoms with Gasteiger partial charge >= 0.3 is 6.09 Å². The van der Waals surface area contributed by atoms with Gasteiger partial charge in [-0.05, 0) is 12.5 Å². The van der Waals surface area contributed by atoms with Gasteiger partial charge in [0.1, 0.15) is 0 Å². The molecule has 1 rings (SSSR count). The number of nitrogens with two attached hydrogens (primary N) is 1. The fraction of sp³-hybridized carbons (Fsp3) is 0.800. The number of primary amides is 1. The zero-order valence-corrected chi connectivity index (χ0v) is 7.29. The highest BCUT2D eigenvalue weighted by Gasteiger charge is 1.96. The van der Waals surface area contributed by atoms with Gasteiger partial charge in [0.15, 0.2) is 9.76 Å². The van der Waals surface area contributed by atoms with Crippen LogP contribution in [-0.2, 0) is 4.43 Å².